The van der Waals surface area contributed by atoms with Crippen LogP contribution >= 0.6 is 36.2 Å². The van der Waals surface area contributed by atoms with Gasteiger partial charge in [0.15, 0.2) is 5.13 Å². The largest absolute Gasteiger partial charge is 0.380 e. The highest BCUT2D eigenvalue weighted by atomic mass is 35.5. The molecule has 0 radical (unpaired) electrons. The van der Waals surface area contributed by atoms with Gasteiger partial charge in [-0.05, 0) is 31.0 Å². The van der Waals surface area contributed by atoms with Crippen molar-refractivity contribution in [2.75, 3.05) is 37.0 Å². The summed E-state index contributed by atoms with van der Waals surface area (Å²) in [7, 11) is 1.56. The van der Waals surface area contributed by atoms with E-state index in [0.29, 0.717) is 6.54 Å². The summed E-state index contributed by atoms with van der Waals surface area (Å²) in [5, 5.41) is 3.98. The molecular weight excluding hydrogens is 383 g/mol. The number of nitrogens with zero attached hydrogens (tertiary/aromatic N) is 2. The van der Waals surface area contributed by atoms with Gasteiger partial charge >= 0.3 is 0 Å². The smallest absolute Gasteiger partial charge is 0.227 e. The number of hydrogen-bond acceptors (Lipinski definition) is 6. The van der Waals surface area contributed by atoms with Gasteiger partial charge in [0.2, 0.25) is 5.91 Å². The van der Waals surface area contributed by atoms with Crippen LogP contribution in [0.2, 0.25) is 0 Å². The lowest BCUT2D eigenvalue weighted by molar-refractivity contribution is -0.118. The lowest BCUT2D eigenvalue weighted by Gasteiger charge is -2.12. The van der Waals surface area contributed by atoms with Crippen LogP contribution in [-0.2, 0) is 9.53 Å². The summed E-state index contributed by atoms with van der Waals surface area (Å²) in [6.45, 7) is 2.50. The molecule has 25 heavy (non-hydrogen) atoms. The Morgan fingerprint density at radius 3 is 2.76 bits per heavy atom. The third-order valence-electron chi connectivity index (χ3n) is 4.05. The van der Waals surface area contributed by atoms with Crippen molar-refractivity contribution in [3.8, 4) is 0 Å². The molecule has 1 unspecified atom stereocenters. The molecule has 1 aromatic carbocycles. The highest BCUT2D eigenvalue weighted by molar-refractivity contribution is 7.22. The number of aromatic nitrogens is 1. The average Bonchev–Trinajstić information content (AvgIpc) is 3.20. The van der Waals surface area contributed by atoms with Gasteiger partial charge in [-0.25, -0.2) is 4.98 Å². The number of hydrogen-bond donors (Lipinski definition) is 2. The lowest BCUT2D eigenvalue weighted by Crippen LogP contribution is -2.28. The molecule has 3 rings (SSSR count). The SMILES string of the molecule is COC(CN)CC(=O)Nc1ccc2nc(N3CCCC3)sc2c1.Cl.Cl. The van der Waals surface area contributed by atoms with E-state index in [1.54, 1.807) is 18.4 Å². The number of anilines is 2. The Morgan fingerprint density at radius 1 is 1.40 bits per heavy atom. The maximum Gasteiger partial charge on any atom is 0.227 e. The van der Waals surface area contributed by atoms with E-state index >= 15 is 0 Å². The average molecular weight is 407 g/mol. The summed E-state index contributed by atoms with van der Waals surface area (Å²) in [5.41, 5.74) is 7.31. The molecule has 3 N–H and O–H groups in total. The molecule has 1 atom stereocenters. The molecule has 1 aliphatic rings. The first-order chi connectivity index (χ1) is 11.2. The summed E-state index contributed by atoms with van der Waals surface area (Å²) in [6, 6.07) is 5.82. The fourth-order valence-corrected chi connectivity index (χ4v) is 3.77. The predicted octanol–water partition coefficient (Wildman–Crippen LogP) is 3.04. The molecule has 1 amide bonds. The van der Waals surface area contributed by atoms with E-state index in [1.807, 2.05) is 18.2 Å². The number of nitrogens with one attached hydrogen (secondary N) is 1. The van der Waals surface area contributed by atoms with Crippen LogP contribution in [0.4, 0.5) is 10.8 Å². The number of ether oxygens (including phenoxy) is 1. The zero-order valence-electron chi connectivity index (χ0n) is 14.1. The number of halogens is 2. The highest BCUT2D eigenvalue weighted by Gasteiger charge is 2.17. The van der Waals surface area contributed by atoms with Crippen molar-refractivity contribution in [3.63, 3.8) is 0 Å². The number of benzene rings is 1. The number of nitrogens with two attached hydrogens (primary N) is 1. The molecule has 140 valence electrons. The minimum absolute atomic E-state index is 0. The second kappa shape index (κ2) is 10.1. The van der Waals surface area contributed by atoms with Gasteiger partial charge in [-0.2, -0.15) is 0 Å². The molecule has 2 heterocycles. The molecule has 1 saturated heterocycles. The van der Waals surface area contributed by atoms with E-state index in [-0.39, 0.29) is 43.2 Å². The van der Waals surface area contributed by atoms with E-state index in [4.69, 9.17) is 10.5 Å². The second-order valence-corrected chi connectivity index (χ2v) is 6.73. The van der Waals surface area contributed by atoms with Gasteiger partial charge in [-0.15, -0.1) is 24.8 Å². The van der Waals surface area contributed by atoms with E-state index in [2.05, 4.69) is 15.2 Å². The number of rotatable bonds is 6. The first-order valence-corrected chi connectivity index (χ1v) is 8.69. The Balaban J connectivity index is 0.00000156. The molecule has 0 bridgehead atoms. The van der Waals surface area contributed by atoms with Crippen molar-refractivity contribution in [1.82, 2.24) is 4.98 Å². The Bertz CT molecular complexity index is 688. The van der Waals surface area contributed by atoms with Crippen LogP contribution in [0, 0.1) is 0 Å². The first kappa shape index (κ1) is 21.9. The first-order valence-electron chi connectivity index (χ1n) is 7.88. The molecule has 9 heteroatoms. The van der Waals surface area contributed by atoms with E-state index in [0.717, 1.165) is 34.1 Å². The summed E-state index contributed by atoms with van der Waals surface area (Å²) in [5.74, 6) is -0.0917. The molecule has 0 aliphatic carbocycles. The molecule has 0 spiro atoms. The standard InChI is InChI=1S/C16H22N4O2S.2ClH/c1-22-12(10-17)9-15(21)18-11-4-5-13-14(8-11)23-16(19-13)20-6-2-3-7-20;;/h4-5,8,12H,2-3,6-7,9-10,17H2,1H3,(H,18,21);2*1H. The summed E-state index contributed by atoms with van der Waals surface area (Å²) < 4.78 is 6.23. The molecule has 0 saturated carbocycles. The van der Waals surface area contributed by atoms with Crippen molar-refractivity contribution >= 4 is 63.1 Å². The molecule has 1 aliphatic heterocycles. The maximum atomic E-state index is 12.0. The molecule has 6 nitrogen and oxygen atoms in total. The Hall–Kier alpha value is -1.12. The van der Waals surface area contributed by atoms with Crippen LogP contribution in [0.15, 0.2) is 18.2 Å². The maximum absolute atomic E-state index is 12.0. The number of carbonyl (C=O) groups excluding carboxylic acids is 1. The number of thiazole rings is 1. The van der Waals surface area contributed by atoms with Gasteiger partial charge in [0.05, 0.1) is 22.7 Å². The highest BCUT2D eigenvalue weighted by Crippen LogP contribution is 2.32. The fourth-order valence-electron chi connectivity index (χ4n) is 2.72. The molecule has 1 fully saturated rings. The number of amides is 1. The van der Waals surface area contributed by atoms with Crippen LogP contribution < -0.4 is 16.0 Å². The zero-order chi connectivity index (χ0) is 16.2. The predicted molar refractivity (Wildman–Crippen MR) is 109 cm³/mol. The number of methoxy groups -OCH3 is 1. The van der Waals surface area contributed by atoms with Gasteiger partial charge in [-0.3, -0.25) is 4.79 Å². The van der Waals surface area contributed by atoms with Crippen LogP contribution in [0.1, 0.15) is 19.3 Å². The van der Waals surface area contributed by atoms with Gasteiger partial charge in [0, 0.05) is 32.4 Å². The Morgan fingerprint density at radius 2 is 2.12 bits per heavy atom. The topological polar surface area (TPSA) is 80.5 Å². The minimum Gasteiger partial charge on any atom is -0.380 e. The minimum atomic E-state index is -0.246. The van der Waals surface area contributed by atoms with Gasteiger partial charge < -0.3 is 20.7 Å². The fraction of sp³-hybridized carbons (Fsp3) is 0.500. The summed E-state index contributed by atoms with van der Waals surface area (Å²) in [4.78, 5) is 19.0. The van der Waals surface area contributed by atoms with Crippen LogP contribution in [0.5, 0.6) is 0 Å². The van der Waals surface area contributed by atoms with E-state index < -0.39 is 0 Å². The third kappa shape index (κ3) is 5.43. The second-order valence-electron chi connectivity index (χ2n) is 5.72. The monoisotopic (exact) mass is 406 g/mol. The number of carbonyl (C=O) groups is 1. The van der Waals surface area contributed by atoms with Crippen molar-refractivity contribution in [2.45, 2.75) is 25.4 Å². The molecule has 1 aromatic heterocycles. The number of fused-ring (bicyclic) bond motifs is 1. The van der Waals surface area contributed by atoms with E-state index in [1.165, 1.54) is 12.8 Å². The molecule has 2 aromatic rings. The third-order valence-corrected chi connectivity index (χ3v) is 5.13. The Labute approximate surface area is 163 Å². The van der Waals surface area contributed by atoms with Crippen LogP contribution in [0.3, 0.4) is 0 Å². The van der Waals surface area contributed by atoms with Crippen LogP contribution in [-0.4, -0.2) is 43.7 Å². The van der Waals surface area contributed by atoms with Gasteiger partial charge in [0.1, 0.15) is 0 Å². The van der Waals surface area contributed by atoms with Crippen molar-refractivity contribution in [3.05, 3.63) is 18.2 Å². The van der Waals surface area contributed by atoms with Crippen LogP contribution in [0.25, 0.3) is 10.2 Å². The Kier molecular flexibility index (Phi) is 8.88. The van der Waals surface area contributed by atoms with Crippen molar-refractivity contribution < 1.29 is 9.53 Å². The quantitative estimate of drug-likeness (QED) is 0.770. The van der Waals surface area contributed by atoms with Gasteiger partial charge in [0.25, 0.3) is 0 Å². The summed E-state index contributed by atoms with van der Waals surface area (Å²) >= 11 is 1.68. The summed E-state index contributed by atoms with van der Waals surface area (Å²) in [6.07, 6.45) is 2.48. The van der Waals surface area contributed by atoms with E-state index in [9.17, 15) is 4.79 Å². The zero-order valence-corrected chi connectivity index (χ0v) is 16.5. The normalized spacial score (nSPS) is 14.7. The van der Waals surface area contributed by atoms with Crippen molar-refractivity contribution in [1.29, 1.82) is 0 Å². The van der Waals surface area contributed by atoms with Gasteiger partial charge in [-0.1, -0.05) is 11.3 Å². The van der Waals surface area contributed by atoms with Crippen molar-refractivity contribution in [2.24, 2.45) is 5.73 Å². The molecular formula is C16H24Cl2N4O2S. The lowest BCUT2D eigenvalue weighted by atomic mass is 10.2.